The maximum Gasteiger partial charge on any atom is 0.251 e. The molecule has 0 bridgehead atoms. The first-order chi connectivity index (χ1) is 9.52. The summed E-state index contributed by atoms with van der Waals surface area (Å²) >= 11 is 0. The van der Waals surface area contributed by atoms with Gasteiger partial charge >= 0.3 is 0 Å². The molecule has 1 saturated heterocycles. The number of benzene rings is 1. The molecule has 0 saturated carbocycles. The summed E-state index contributed by atoms with van der Waals surface area (Å²) in [7, 11) is 0. The molecule has 1 heterocycles. The Morgan fingerprint density at radius 2 is 2.20 bits per heavy atom. The first-order valence-electron chi connectivity index (χ1n) is 7.24. The van der Waals surface area contributed by atoms with E-state index in [0.29, 0.717) is 13.2 Å². The van der Waals surface area contributed by atoms with E-state index in [-0.39, 0.29) is 17.6 Å². The Bertz CT molecular complexity index is 471. The zero-order chi connectivity index (χ0) is 14.6. The molecule has 0 aromatic heterocycles. The van der Waals surface area contributed by atoms with Gasteiger partial charge in [-0.15, -0.1) is 0 Å². The fourth-order valence-electron chi connectivity index (χ4n) is 2.73. The average molecular weight is 276 g/mol. The van der Waals surface area contributed by atoms with E-state index in [2.05, 4.69) is 19.2 Å². The van der Waals surface area contributed by atoms with Crippen molar-refractivity contribution in [2.75, 3.05) is 13.2 Å². The first kappa shape index (κ1) is 15.0. The highest BCUT2D eigenvalue weighted by Gasteiger charge is 2.30. The fourth-order valence-corrected chi connectivity index (χ4v) is 2.73. The number of hydrogen-bond acceptors (Lipinski definition) is 3. The second-order valence-corrected chi connectivity index (χ2v) is 5.97. The molecule has 3 N–H and O–H groups in total. The van der Waals surface area contributed by atoms with Crippen LogP contribution < -0.4 is 11.1 Å². The van der Waals surface area contributed by atoms with Crippen LogP contribution in [0.15, 0.2) is 24.3 Å². The first-order valence-corrected chi connectivity index (χ1v) is 7.24. The molecule has 1 amide bonds. The maximum atomic E-state index is 12.4. The molecule has 1 atom stereocenters. The van der Waals surface area contributed by atoms with E-state index in [4.69, 9.17) is 10.5 Å². The van der Waals surface area contributed by atoms with Gasteiger partial charge in [0.25, 0.3) is 5.91 Å². The molecule has 2 rings (SSSR count). The molecule has 1 aliphatic rings. The second-order valence-electron chi connectivity index (χ2n) is 5.97. The zero-order valence-corrected chi connectivity index (χ0v) is 12.3. The Labute approximate surface area is 120 Å². The summed E-state index contributed by atoms with van der Waals surface area (Å²) in [6.07, 6.45) is 2.44. The van der Waals surface area contributed by atoms with Crippen LogP contribution >= 0.6 is 0 Å². The van der Waals surface area contributed by atoms with Crippen molar-refractivity contribution < 1.29 is 9.53 Å². The van der Waals surface area contributed by atoms with E-state index < -0.39 is 0 Å². The Morgan fingerprint density at radius 3 is 2.90 bits per heavy atom. The summed E-state index contributed by atoms with van der Waals surface area (Å²) in [6.45, 7) is 5.37. The Hall–Kier alpha value is -1.39. The van der Waals surface area contributed by atoms with Crippen LogP contribution in [0, 0.1) is 0 Å². The van der Waals surface area contributed by atoms with Gasteiger partial charge in [0.05, 0.1) is 5.60 Å². The minimum atomic E-state index is -0.160. The standard InChI is InChI=1S/C16H24N2O2/c1-16(2)11-13(8-10-20-16)18-15(19)14-6-4-3-5-12(14)7-9-17/h3-6,13H,7-11,17H2,1-2H3,(H,18,19). The Morgan fingerprint density at radius 1 is 1.45 bits per heavy atom. The summed E-state index contributed by atoms with van der Waals surface area (Å²) in [6, 6.07) is 7.85. The van der Waals surface area contributed by atoms with Crippen LogP contribution in [0.3, 0.4) is 0 Å². The van der Waals surface area contributed by atoms with Gasteiger partial charge in [-0.05, 0) is 51.3 Å². The number of carbonyl (C=O) groups is 1. The largest absolute Gasteiger partial charge is 0.375 e. The van der Waals surface area contributed by atoms with E-state index in [1.54, 1.807) is 0 Å². The van der Waals surface area contributed by atoms with Gasteiger partial charge in [0.2, 0.25) is 0 Å². The SMILES string of the molecule is CC1(C)CC(NC(=O)c2ccccc2CCN)CCO1. The van der Waals surface area contributed by atoms with Crippen LogP contribution in [0.25, 0.3) is 0 Å². The third-order valence-corrected chi connectivity index (χ3v) is 3.71. The van der Waals surface area contributed by atoms with Crippen LogP contribution in [-0.4, -0.2) is 30.7 Å². The average Bonchev–Trinajstić information content (AvgIpc) is 2.38. The summed E-state index contributed by atoms with van der Waals surface area (Å²) in [5.41, 5.74) is 7.19. The predicted molar refractivity (Wildman–Crippen MR) is 79.7 cm³/mol. The summed E-state index contributed by atoms with van der Waals surface area (Å²) in [4.78, 5) is 12.4. The van der Waals surface area contributed by atoms with Crippen molar-refractivity contribution in [2.45, 2.75) is 44.8 Å². The van der Waals surface area contributed by atoms with Gasteiger partial charge in [-0.25, -0.2) is 0 Å². The molecule has 0 radical (unpaired) electrons. The zero-order valence-electron chi connectivity index (χ0n) is 12.3. The van der Waals surface area contributed by atoms with Crippen molar-refractivity contribution >= 4 is 5.91 Å². The van der Waals surface area contributed by atoms with Crippen molar-refractivity contribution in [1.29, 1.82) is 0 Å². The minimum Gasteiger partial charge on any atom is -0.375 e. The number of carbonyl (C=O) groups excluding carboxylic acids is 1. The monoisotopic (exact) mass is 276 g/mol. The Balaban J connectivity index is 2.05. The van der Waals surface area contributed by atoms with Gasteiger partial charge in [-0.3, -0.25) is 4.79 Å². The van der Waals surface area contributed by atoms with Crippen LogP contribution in [-0.2, 0) is 11.2 Å². The van der Waals surface area contributed by atoms with Crippen LogP contribution in [0.1, 0.15) is 42.6 Å². The van der Waals surface area contributed by atoms with E-state index in [1.807, 2.05) is 24.3 Å². The molecule has 1 unspecified atom stereocenters. The third kappa shape index (κ3) is 3.81. The molecule has 110 valence electrons. The quantitative estimate of drug-likeness (QED) is 0.882. The molecule has 1 fully saturated rings. The molecular weight excluding hydrogens is 252 g/mol. The molecular formula is C16H24N2O2. The van der Waals surface area contributed by atoms with Crippen LogP contribution in [0.5, 0.6) is 0 Å². The number of ether oxygens (including phenoxy) is 1. The molecule has 1 aromatic rings. The lowest BCUT2D eigenvalue weighted by Crippen LogP contribution is -2.46. The topological polar surface area (TPSA) is 64.4 Å². The Kier molecular flexibility index (Phi) is 4.78. The van der Waals surface area contributed by atoms with Crippen LogP contribution in [0.2, 0.25) is 0 Å². The van der Waals surface area contributed by atoms with E-state index in [9.17, 15) is 4.79 Å². The molecule has 4 nitrogen and oxygen atoms in total. The second kappa shape index (κ2) is 6.37. The number of nitrogens with one attached hydrogen (secondary N) is 1. The van der Waals surface area contributed by atoms with Gasteiger partial charge in [0.15, 0.2) is 0 Å². The highest BCUT2D eigenvalue weighted by atomic mass is 16.5. The van der Waals surface area contributed by atoms with E-state index in [0.717, 1.165) is 30.4 Å². The van der Waals surface area contributed by atoms with E-state index in [1.165, 1.54) is 0 Å². The van der Waals surface area contributed by atoms with Crippen LogP contribution in [0.4, 0.5) is 0 Å². The van der Waals surface area contributed by atoms with Crippen molar-refractivity contribution in [1.82, 2.24) is 5.32 Å². The summed E-state index contributed by atoms with van der Waals surface area (Å²) < 4.78 is 5.68. The lowest BCUT2D eigenvalue weighted by molar-refractivity contribution is -0.0615. The highest BCUT2D eigenvalue weighted by Crippen LogP contribution is 2.24. The molecule has 0 spiro atoms. The predicted octanol–water partition coefficient (Wildman–Crippen LogP) is 1.88. The van der Waals surface area contributed by atoms with Crippen molar-refractivity contribution in [3.8, 4) is 0 Å². The molecule has 0 aliphatic carbocycles. The summed E-state index contributed by atoms with van der Waals surface area (Å²) in [5.74, 6) is -0.00301. The maximum absolute atomic E-state index is 12.4. The molecule has 1 aromatic carbocycles. The minimum absolute atomic E-state index is 0.00301. The lowest BCUT2D eigenvalue weighted by Gasteiger charge is -2.35. The van der Waals surface area contributed by atoms with Gasteiger partial charge in [-0.1, -0.05) is 18.2 Å². The van der Waals surface area contributed by atoms with E-state index >= 15 is 0 Å². The van der Waals surface area contributed by atoms with Crippen molar-refractivity contribution in [3.05, 3.63) is 35.4 Å². The number of nitrogens with two attached hydrogens (primary N) is 1. The molecule has 1 aliphatic heterocycles. The van der Waals surface area contributed by atoms with Gasteiger partial charge < -0.3 is 15.8 Å². The highest BCUT2D eigenvalue weighted by molar-refractivity contribution is 5.95. The fraction of sp³-hybridized carbons (Fsp3) is 0.562. The summed E-state index contributed by atoms with van der Waals surface area (Å²) in [5, 5.41) is 3.13. The van der Waals surface area contributed by atoms with Gasteiger partial charge in [0, 0.05) is 18.2 Å². The van der Waals surface area contributed by atoms with Crippen molar-refractivity contribution in [2.24, 2.45) is 5.73 Å². The number of hydrogen-bond donors (Lipinski definition) is 2. The van der Waals surface area contributed by atoms with Gasteiger partial charge in [0.1, 0.15) is 0 Å². The lowest BCUT2D eigenvalue weighted by atomic mass is 9.93. The third-order valence-electron chi connectivity index (χ3n) is 3.71. The smallest absolute Gasteiger partial charge is 0.251 e. The molecule has 20 heavy (non-hydrogen) atoms. The molecule has 4 heteroatoms. The van der Waals surface area contributed by atoms with Gasteiger partial charge in [-0.2, -0.15) is 0 Å². The van der Waals surface area contributed by atoms with Crippen molar-refractivity contribution in [3.63, 3.8) is 0 Å². The number of amides is 1. The number of rotatable bonds is 4. The normalized spacial score (nSPS) is 21.4.